The van der Waals surface area contributed by atoms with E-state index in [1.54, 1.807) is 18.2 Å². The molecule has 1 saturated heterocycles. The van der Waals surface area contributed by atoms with Crippen LogP contribution in [0.25, 0.3) is 10.9 Å². The molecule has 7 nitrogen and oxygen atoms in total. The summed E-state index contributed by atoms with van der Waals surface area (Å²) in [6, 6.07) is 12.6. The number of carbonyl (C=O) groups excluding carboxylic acids is 1. The second-order valence-corrected chi connectivity index (χ2v) is 7.41. The van der Waals surface area contributed by atoms with Crippen molar-refractivity contribution >= 4 is 16.8 Å². The Morgan fingerprint density at radius 1 is 1.21 bits per heavy atom. The van der Waals surface area contributed by atoms with E-state index in [9.17, 15) is 14.4 Å². The van der Waals surface area contributed by atoms with E-state index >= 15 is 0 Å². The summed E-state index contributed by atoms with van der Waals surface area (Å²) in [5, 5.41) is 3.23. The number of H-pyrrole nitrogens is 1. The van der Waals surface area contributed by atoms with Crippen LogP contribution in [-0.2, 0) is 17.8 Å². The monoisotopic (exact) mass is 393 g/mol. The van der Waals surface area contributed by atoms with Gasteiger partial charge in [-0.3, -0.25) is 14.2 Å². The normalized spacial score (nSPS) is 16.2. The lowest BCUT2D eigenvalue weighted by atomic mass is 10.1. The predicted octanol–water partition coefficient (Wildman–Crippen LogP) is 2.11. The van der Waals surface area contributed by atoms with Gasteiger partial charge in [-0.2, -0.15) is 0 Å². The van der Waals surface area contributed by atoms with Crippen molar-refractivity contribution in [1.29, 1.82) is 0 Å². The first-order valence-corrected chi connectivity index (χ1v) is 9.73. The van der Waals surface area contributed by atoms with E-state index in [0.717, 1.165) is 24.0 Å². The topological polar surface area (TPSA) is 93.2 Å². The summed E-state index contributed by atoms with van der Waals surface area (Å²) in [7, 11) is 0. The van der Waals surface area contributed by atoms with Gasteiger partial charge >= 0.3 is 5.69 Å². The number of carbonyl (C=O) groups is 1. The number of hydrogen-bond donors (Lipinski definition) is 2. The van der Waals surface area contributed by atoms with Crippen LogP contribution in [0, 0.1) is 6.92 Å². The third-order valence-electron chi connectivity index (χ3n) is 5.23. The molecule has 2 heterocycles. The molecule has 0 bridgehead atoms. The number of rotatable bonds is 5. The maximum atomic E-state index is 12.7. The zero-order chi connectivity index (χ0) is 20.4. The van der Waals surface area contributed by atoms with Crippen molar-refractivity contribution in [2.45, 2.75) is 39.0 Å². The lowest BCUT2D eigenvalue weighted by Crippen LogP contribution is -2.38. The van der Waals surface area contributed by atoms with Gasteiger partial charge in [-0.1, -0.05) is 29.8 Å². The molecule has 1 atom stereocenters. The summed E-state index contributed by atoms with van der Waals surface area (Å²) in [6.07, 6.45) is 1.66. The van der Waals surface area contributed by atoms with E-state index in [-0.39, 0.29) is 24.1 Å². The zero-order valence-electron chi connectivity index (χ0n) is 16.2. The number of aromatic nitrogens is 2. The molecule has 3 aromatic rings. The molecule has 1 fully saturated rings. The Labute approximate surface area is 167 Å². The first kappa shape index (κ1) is 19.1. The van der Waals surface area contributed by atoms with Gasteiger partial charge in [-0.25, -0.2) is 4.79 Å². The van der Waals surface area contributed by atoms with Crippen molar-refractivity contribution in [3.05, 3.63) is 80.0 Å². The lowest BCUT2D eigenvalue weighted by molar-refractivity contribution is 0.0949. The van der Waals surface area contributed by atoms with Gasteiger partial charge in [0.1, 0.15) is 0 Å². The Kier molecular flexibility index (Phi) is 5.31. The molecule has 1 amide bonds. The van der Waals surface area contributed by atoms with Crippen LogP contribution in [0.2, 0.25) is 0 Å². The van der Waals surface area contributed by atoms with Crippen molar-refractivity contribution in [3.8, 4) is 0 Å². The molecule has 150 valence electrons. The largest absolute Gasteiger partial charge is 0.376 e. The van der Waals surface area contributed by atoms with Crippen molar-refractivity contribution < 1.29 is 9.53 Å². The molecule has 1 aromatic heterocycles. The molecule has 0 radical (unpaired) electrons. The van der Waals surface area contributed by atoms with Crippen molar-refractivity contribution in [2.75, 3.05) is 6.61 Å². The number of benzene rings is 2. The highest BCUT2D eigenvalue weighted by Crippen LogP contribution is 2.14. The number of ether oxygens (including phenoxy) is 1. The molecular formula is C22H23N3O4. The molecule has 0 saturated carbocycles. The molecule has 2 N–H and O–H groups in total. The van der Waals surface area contributed by atoms with E-state index in [4.69, 9.17) is 4.74 Å². The van der Waals surface area contributed by atoms with Crippen molar-refractivity contribution in [1.82, 2.24) is 14.9 Å². The standard InChI is InChI=1S/C22H23N3O4/c1-14-4-6-15(7-5-14)12-23-20(26)16-8-9-18-19(11-16)24-22(28)25(21(18)27)13-17-3-2-10-29-17/h4-9,11,17H,2-3,10,12-13H2,1H3,(H,23,26)(H,24,28). The van der Waals surface area contributed by atoms with Gasteiger partial charge in [0, 0.05) is 18.7 Å². The highest BCUT2D eigenvalue weighted by atomic mass is 16.5. The van der Waals surface area contributed by atoms with E-state index < -0.39 is 5.69 Å². The number of aryl methyl sites for hydroxylation is 1. The van der Waals surface area contributed by atoms with Crippen LogP contribution in [0.3, 0.4) is 0 Å². The molecular weight excluding hydrogens is 370 g/mol. The number of hydrogen-bond acceptors (Lipinski definition) is 4. The average Bonchev–Trinajstić information content (AvgIpc) is 3.23. The highest BCUT2D eigenvalue weighted by Gasteiger charge is 2.19. The molecule has 7 heteroatoms. The van der Waals surface area contributed by atoms with Crippen LogP contribution < -0.4 is 16.6 Å². The SMILES string of the molecule is Cc1ccc(CNC(=O)c2ccc3c(=O)n(CC4CCCO4)c(=O)[nH]c3c2)cc1. The Morgan fingerprint density at radius 3 is 2.72 bits per heavy atom. The van der Waals surface area contributed by atoms with Crippen LogP contribution in [0.1, 0.15) is 34.3 Å². The van der Waals surface area contributed by atoms with Crippen LogP contribution in [0.5, 0.6) is 0 Å². The summed E-state index contributed by atoms with van der Waals surface area (Å²) in [5.41, 5.74) is 2.03. The second-order valence-electron chi connectivity index (χ2n) is 7.41. The van der Waals surface area contributed by atoms with Crippen LogP contribution in [0.4, 0.5) is 0 Å². The average molecular weight is 393 g/mol. The van der Waals surface area contributed by atoms with Crippen molar-refractivity contribution in [2.24, 2.45) is 0 Å². The Morgan fingerprint density at radius 2 is 2.00 bits per heavy atom. The molecule has 0 spiro atoms. The van der Waals surface area contributed by atoms with E-state index in [0.29, 0.717) is 29.6 Å². The number of amides is 1. The summed E-state index contributed by atoms with van der Waals surface area (Å²) < 4.78 is 6.71. The fourth-order valence-electron chi connectivity index (χ4n) is 3.54. The number of aromatic amines is 1. The molecule has 29 heavy (non-hydrogen) atoms. The minimum atomic E-state index is -0.491. The quantitative estimate of drug-likeness (QED) is 0.694. The van der Waals surface area contributed by atoms with Gasteiger partial charge in [0.15, 0.2) is 0 Å². The fourth-order valence-corrected chi connectivity index (χ4v) is 3.54. The summed E-state index contributed by atoms with van der Waals surface area (Å²) in [5.74, 6) is -0.267. The summed E-state index contributed by atoms with van der Waals surface area (Å²) in [4.78, 5) is 40.4. The number of fused-ring (bicyclic) bond motifs is 1. The van der Waals surface area contributed by atoms with E-state index in [1.165, 1.54) is 4.57 Å². The Balaban J connectivity index is 1.55. The van der Waals surface area contributed by atoms with Crippen LogP contribution >= 0.6 is 0 Å². The van der Waals surface area contributed by atoms with E-state index in [2.05, 4.69) is 10.3 Å². The van der Waals surface area contributed by atoms with Crippen LogP contribution in [-0.4, -0.2) is 28.2 Å². The fraction of sp³-hybridized carbons (Fsp3) is 0.318. The molecule has 4 rings (SSSR count). The third-order valence-corrected chi connectivity index (χ3v) is 5.23. The highest BCUT2D eigenvalue weighted by molar-refractivity contribution is 5.97. The van der Waals surface area contributed by atoms with Crippen molar-refractivity contribution in [3.63, 3.8) is 0 Å². The van der Waals surface area contributed by atoms with Gasteiger partial charge in [-0.15, -0.1) is 0 Å². The molecule has 0 aliphatic carbocycles. The summed E-state index contributed by atoms with van der Waals surface area (Å²) in [6.45, 7) is 3.30. The lowest BCUT2D eigenvalue weighted by Gasteiger charge is -2.12. The predicted molar refractivity (Wildman–Crippen MR) is 110 cm³/mol. The first-order chi connectivity index (χ1) is 14.0. The second kappa shape index (κ2) is 8.05. The van der Waals surface area contributed by atoms with Gasteiger partial charge < -0.3 is 15.0 Å². The maximum Gasteiger partial charge on any atom is 0.328 e. The first-order valence-electron chi connectivity index (χ1n) is 9.73. The third kappa shape index (κ3) is 4.14. The molecule has 1 aliphatic rings. The number of nitrogens with one attached hydrogen (secondary N) is 2. The molecule has 1 unspecified atom stereocenters. The van der Waals surface area contributed by atoms with Gasteiger partial charge in [0.25, 0.3) is 11.5 Å². The molecule has 1 aliphatic heterocycles. The Hall–Kier alpha value is -3.19. The summed E-state index contributed by atoms with van der Waals surface area (Å²) >= 11 is 0. The maximum absolute atomic E-state index is 12.7. The molecule has 2 aromatic carbocycles. The minimum absolute atomic E-state index is 0.113. The van der Waals surface area contributed by atoms with Gasteiger partial charge in [0.05, 0.1) is 23.6 Å². The van der Waals surface area contributed by atoms with Gasteiger partial charge in [-0.05, 0) is 43.5 Å². The van der Waals surface area contributed by atoms with Gasteiger partial charge in [0.2, 0.25) is 0 Å². The smallest absolute Gasteiger partial charge is 0.328 e. The zero-order valence-corrected chi connectivity index (χ0v) is 16.2. The van der Waals surface area contributed by atoms with Crippen LogP contribution in [0.15, 0.2) is 52.1 Å². The number of nitrogens with zero attached hydrogens (tertiary/aromatic N) is 1. The van der Waals surface area contributed by atoms with E-state index in [1.807, 2.05) is 31.2 Å². The minimum Gasteiger partial charge on any atom is -0.376 e. The Bertz CT molecular complexity index is 1160.